The first-order valence-corrected chi connectivity index (χ1v) is 7.77. The number of hydrogen-bond acceptors (Lipinski definition) is 4. The first-order valence-electron chi connectivity index (χ1n) is 6.98. The minimum Gasteiger partial charge on any atom is -0.484 e. The van der Waals surface area contributed by atoms with Gasteiger partial charge in [0.1, 0.15) is 5.75 Å². The summed E-state index contributed by atoms with van der Waals surface area (Å²) in [5.41, 5.74) is -0.746. The number of nitrogens with one attached hydrogen (secondary N) is 1. The summed E-state index contributed by atoms with van der Waals surface area (Å²) in [7, 11) is 0. The fourth-order valence-electron chi connectivity index (χ4n) is 2.41. The van der Waals surface area contributed by atoms with Gasteiger partial charge in [0.2, 0.25) is 0 Å². The first-order chi connectivity index (χ1) is 10.5. The van der Waals surface area contributed by atoms with Crippen molar-refractivity contribution in [1.29, 1.82) is 0 Å². The molecule has 6 nitrogen and oxygen atoms in total. The summed E-state index contributed by atoms with van der Waals surface area (Å²) in [6, 6.07) is 7.13. The Bertz CT molecular complexity index is 525. The van der Waals surface area contributed by atoms with Gasteiger partial charge in [0.05, 0.1) is 12.0 Å². The van der Waals surface area contributed by atoms with E-state index in [0.717, 1.165) is 4.47 Å². The highest BCUT2D eigenvalue weighted by Gasteiger charge is 2.36. The number of carboxylic acid groups (broad SMARTS) is 1. The summed E-state index contributed by atoms with van der Waals surface area (Å²) in [6.45, 7) is 0.742. The fourth-order valence-corrected chi connectivity index (χ4v) is 2.67. The van der Waals surface area contributed by atoms with Crippen molar-refractivity contribution in [2.75, 3.05) is 19.8 Å². The maximum absolute atomic E-state index is 12.1. The summed E-state index contributed by atoms with van der Waals surface area (Å²) >= 11 is 3.32. The van der Waals surface area contributed by atoms with Crippen LogP contribution in [0.25, 0.3) is 0 Å². The molecular formula is C15H18BrNO5. The molecule has 0 aliphatic carbocycles. The SMILES string of the molecule is O=C(O)CC1(NC(=O)COc2ccc(Br)cc2)CCOCC1. The standard InChI is InChI=1S/C15H18BrNO5/c16-11-1-3-12(4-2-11)22-10-13(18)17-15(9-14(19)20)5-7-21-8-6-15/h1-4H,5-10H2,(H,17,18)(H,19,20). The Balaban J connectivity index is 1.90. The van der Waals surface area contributed by atoms with E-state index in [1.165, 1.54) is 0 Å². The Kier molecular flexibility index (Phi) is 5.79. The van der Waals surface area contributed by atoms with Crippen LogP contribution in [0.4, 0.5) is 0 Å². The Morgan fingerprint density at radius 2 is 1.91 bits per heavy atom. The monoisotopic (exact) mass is 371 g/mol. The molecule has 1 saturated heterocycles. The van der Waals surface area contributed by atoms with Crippen LogP contribution in [0.1, 0.15) is 19.3 Å². The maximum Gasteiger partial charge on any atom is 0.305 e. The van der Waals surface area contributed by atoms with E-state index in [1.54, 1.807) is 12.1 Å². The number of amides is 1. The van der Waals surface area contributed by atoms with Crippen molar-refractivity contribution < 1.29 is 24.2 Å². The number of hydrogen-bond donors (Lipinski definition) is 2. The molecule has 1 aliphatic heterocycles. The number of aliphatic carboxylic acids is 1. The predicted molar refractivity (Wildman–Crippen MR) is 82.8 cm³/mol. The van der Waals surface area contributed by atoms with Gasteiger partial charge in [-0.2, -0.15) is 0 Å². The molecular weight excluding hydrogens is 354 g/mol. The molecule has 22 heavy (non-hydrogen) atoms. The highest BCUT2D eigenvalue weighted by Crippen LogP contribution is 2.24. The van der Waals surface area contributed by atoms with Gasteiger partial charge in [-0.05, 0) is 37.1 Å². The number of carboxylic acids is 1. The quantitative estimate of drug-likeness (QED) is 0.798. The molecule has 0 saturated carbocycles. The van der Waals surface area contributed by atoms with Gasteiger partial charge >= 0.3 is 5.97 Å². The van der Waals surface area contributed by atoms with E-state index in [4.69, 9.17) is 14.6 Å². The van der Waals surface area contributed by atoms with Crippen LogP contribution in [0, 0.1) is 0 Å². The lowest BCUT2D eigenvalue weighted by molar-refractivity contribution is -0.140. The lowest BCUT2D eigenvalue weighted by atomic mass is 9.86. The Labute approximate surface area is 136 Å². The number of carbonyl (C=O) groups excluding carboxylic acids is 1. The highest BCUT2D eigenvalue weighted by atomic mass is 79.9. The van der Waals surface area contributed by atoms with Gasteiger partial charge < -0.3 is 19.9 Å². The topological polar surface area (TPSA) is 84.9 Å². The molecule has 0 radical (unpaired) electrons. The molecule has 0 spiro atoms. The van der Waals surface area contributed by atoms with Crippen LogP contribution < -0.4 is 10.1 Å². The molecule has 1 fully saturated rings. The van der Waals surface area contributed by atoms with E-state index in [9.17, 15) is 9.59 Å². The van der Waals surface area contributed by atoms with Crippen LogP contribution in [0.15, 0.2) is 28.7 Å². The van der Waals surface area contributed by atoms with Crippen LogP contribution in [-0.2, 0) is 14.3 Å². The van der Waals surface area contributed by atoms with Crippen LogP contribution in [0.2, 0.25) is 0 Å². The summed E-state index contributed by atoms with van der Waals surface area (Å²) < 4.78 is 11.6. The summed E-state index contributed by atoms with van der Waals surface area (Å²) in [6.07, 6.45) is 0.868. The summed E-state index contributed by atoms with van der Waals surface area (Å²) in [5.74, 6) is -0.681. The number of ether oxygens (including phenoxy) is 2. The number of benzene rings is 1. The van der Waals surface area contributed by atoms with E-state index in [0.29, 0.717) is 31.8 Å². The average Bonchev–Trinajstić information content (AvgIpc) is 2.46. The Morgan fingerprint density at radius 3 is 2.50 bits per heavy atom. The summed E-state index contributed by atoms with van der Waals surface area (Å²) in [5, 5.41) is 11.9. The smallest absolute Gasteiger partial charge is 0.305 e. The van der Waals surface area contributed by atoms with Crippen LogP contribution >= 0.6 is 15.9 Å². The van der Waals surface area contributed by atoms with Gasteiger partial charge in [-0.3, -0.25) is 9.59 Å². The van der Waals surface area contributed by atoms with E-state index in [2.05, 4.69) is 21.2 Å². The zero-order valence-corrected chi connectivity index (χ0v) is 13.6. The molecule has 2 rings (SSSR count). The van der Waals surface area contributed by atoms with Crippen LogP contribution in [-0.4, -0.2) is 42.3 Å². The molecule has 120 valence electrons. The Morgan fingerprint density at radius 1 is 1.27 bits per heavy atom. The van der Waals surface area contributed by atoms with Crippen molar-refractivity contribution in [3.63, 3.8) is 0 Å². The van der Waals surface area contributed by atoms with E-state index < -0.39 is 11.5 Å². The molecule has 0 bridgehead atoms. The number of carbonyl (C=O) groups is 2. The highest BCUT2D eigenvalue weighted by molar-refractivity contribution is 9.10. The van der Waals surface area contributed by atoms with Gasteiger partial charge in [-0.15, -0.1) is 0 Å². The van der Waals surface area contributed by atoms with E-state index in [1.807, 2.05) is 12.1 Å². The fraction of sp³-hybridized carbons (Fsp3) is 0.467. The maximum atomic E-state index is 12.1. The second-order valence-corrected chi connectivity index (χ2v) is 6.17. The molecule has 0 atom stereocenters. The predicted octanol–water partition coefficient (Wildman–Crippen LogP) is 1.97. The molecule has 1 aliphatic rings. The van der Waals surface area contributed by atoms with Gasteiger partial charge in [0.25, 0.3) is 5.91 Å². The molecule has 1 aromatic rings. The van der Waals surface area contributed by atoms with Gasteiger partial charge in [0, 0.05) is 17.7 Å². The van der Waals surface area contributed by atoms with Crippen molar-refractivity contribution in [1.82, 2.24) is 5.32 Å². The second-order valence-electron chi connectivity index (χ2n) is 5.25. The third-order valence-electron chi connectivity index (χ3n) is 3.53. The molecule has 0 aromatic heterocycles. The lowest BCUT2D eigenvalue weighted by Gasteiger charge is -2.36. The molecule has 0 unspecified atom stereocenters. The normalized spacial score (nSPS) is 16.8. The average molecular weight is 372 g/mol. The molecule has 1 heterocycles. The van der Waals surface area contributed by atoms with Crippen molar-refractivity contribution in [3.8, 4) is 5.75 Å². The second kappa shape index (κ2) is 7.60. The summed E-state index contributed by atoms with van der Waals surface area (Å²) in [4.78, 5) is 23.1. The minimum atomic E-state index is -0.934. The minimum absolute atomic E-state index is 0.111. The van der Waals surface area contributed by atoms with Crippen molar-refractivity contribution in [2.24, 2.45) is 0 Å². The largest absolute Gasteiger partial charge is 0.484 e. The molecule has 2 N–H and O–H groups in total. The third-order valence-corrected chi connectivity index (χ3v) is 4.06. The molecule has 7 heteroatoms. The van der Waals surface area contributed by atoms with Crippen molar-refractivity contribution >= 4 is 27.8 Å². The Hall–Kier alpha value is -1.60. The van der Waals surface area contributed by atoms with E-state index in [-0.39, 0.29) is 18.9 Å². The van der Waals surface area contributed by atoms with Crippen LogP contribution in [0.3, 0.4) is 0 Å². The van der Waals surface area contributed by atoms with Gasteiger partial charge in [-0.1, -0.05) is 15.9 Å². The van der Waals surface area contributed by atoms with Crippen molar-refractivity contribution in [3.05, 3.63) is 28.7 Å². The molecule has 1 aromatic carbocycles. The number of rotatable bonds is 6. The zero-order chi connectivity index (χ0) is 16.0. The van der Waals surface area contributed by atoms with Gasteiger partial charge in [0.15, 0.2) is 6.61 Å². The van der Waals surface area contributed by atoms with E-state index >= 15 is 0 Å². The zero-order valence-electron chi connectivity index (χ0n) is 12.0. The number of halogens is 1. The third kappa shape index (κ3) is 4.99. The molecule has 1 amide bonds. The van der Waals surface area contributed by atoms with Crippen LogP contribution in [0.5, 0.6) is 5.75 Å². The lowest BCUT2D eigenvalue weighted by Crippen LogP contribution is -2.54. The first kappa shape index (κ1) is 16.8. The van der Waals surface area contributed by atoms with Crippen molar-refractivity contribution in [2.45, 2.75) is 24.8 Å². The van der Waals surface area contributed by atoms with Gasteiger partial charge in [-0.25, -0.2) is 0 Å².